The number of hydrogen-bond acceptors (Lipinski definition) is 4. The Balaban J connectivity index is 1.36. The molecule has 3 heterocycles. The Morgan fingerprint density at radius 2 is 1.64 bits per heavy atom. The first kappa shape index (κ1) is 16.9. The maximum Gasteiger partial charge on any atom is 0.253 e. The molecule has 0 saturated carbocycles. The van der Waals surface area contributed by atoms with Crippen LogP contribution in [0.1, 0.15) is 36.0 Å². The van der Waals surface area contributed by atoms with E-state index in [2.05, 4.69) is 27.2 Å². The molecule has 1 unspecified atom stereocenters. The first-order chi connectivity index (χ1) is 12.3. The van der Waals surface area contributed by atoms with Crippen LogP contribution in [0.2, 0.25) is 0 Å². The monoisotopic (exact) mass is 342 g/mol. The highest BCUT2D eigenvalue weighted by atomic mass is 16.2. The molecule has 1 N–H and O–H groups in total. The third kappa shape index (κ3) is 3.82. The number of rotatable bonds is 3. The number of nitrogens with one attached hydrogen (secondary N) is 1. The Kier molecular flexibility index (Phi) is 5.22. The van der Waals surface area contributed by atoms with Gasteiger partial charge in [0.1, 0.15) is 0 Å². The third-order valence-electron chi connectivity index (χ3n) is 5.95. The molecule has 0 aliphatic carbocycles. The molecule has 5 heteroatoms. The summed E-state index contributed by atoms with van der Waals surface area (Å²) < 4.78 is 0. The standard InChI is InChI=1S/C20H30N4O/c25-20(24-13-8-19(16-24)23-14-9-21-10-15-23)17-4-6-18(7-5-17)22-11-2-1-3-12-22/h4-7,19,21H,1-3,8-16H2. The van der Waals surface area contributed by atoms with Crippen LogP contribution in [-0.4, -0.2) is 74.1 Å². The summed E-state index contributed by atoms with van der Waals surface area (Å²) in [6, 6.07) is 8.83. The van der Waals surface area contributed by atoms with Crippen LogP contribution < -0.4 is 10.2 Å². The van der Waals surface area contributed by atoms with Gasteiger partial charge in [-0.05, 0) is 49.9 Å². The molecule has 1 atom stereocenters. The average molecular weight is 342 g/mol. The zero-order valence-corrected chi connectivity index (χ0v) is 15.1. The third-order valence-corrected chi connectivity index (χ3v) is 5.95. The lowest BCUT2D eigenvalue weighted by Gasteiger charge is -2.32. The van der Waals surface area contributed by atoms with Gasteiger partial charge >= 0.3 is 0 Å². The zero-order chi connectivity index (χ0) is 17.1. The fourth-order valence-corrected chi connectivity index (χ4v) is 4.42. The van der Waals surface area contributed by atoms with Gasteiger partial charge < -0.3 is 15.1 Å². The minimum Gasteiger partial charge on any atom is -0.372 e. The summed E-state index contributed by atoms with van der Waals surface area (Å²) in [5.41, 5.74) is 2.10. The van der Waals surface area contributed by atoms with Crippen molar-refractivity contribution < 1.29 is 4.79 Å². The number of amides is 1. The maximum atomic E-state index is 12.8. The van der Waals surface area contributed by atoms with Crippen molar-refractivity contribution in [2.45, 2.75) is 31.7 Å². The van der Waals surface area contributed by atoms with Crippen molar-refractivity contribution in [2.75, 3.05) is 57.3 Å². The molecule has 3 fully saturated rings. The number of hydrogen-bond donors (Lipinski definition) is 1. The first-order valence-corrected chi connectivity index (χ1v) is 9.90. The van der Waals surface area contributed by atoms with Crippen molar-refractivity contribution in [3.05, 3.63) is 29.8 Å². The Hall–Kier alpha value is -1.59. The first-order valence-electron chi connectivity index (χ1n) is 9.90. The van der Waals surface area contributed by atoms with Crippen LogP contribution in [0, 0.1) is 0 Å². The lowest BCUT2D eigenvalue weighted by molar-refractivity contribution is 0.0773. The van der Waals surface area contributed by atoms with E-state index in [-0.39, 0.29) is 5.91 Å². The van der Waals surface area contributed by atoms with E-state index >= 15 is 0 Å². The van der Waals surface area contributed by atoms with Gasteiger partial charge in [0.2, 0.25) is 0 Å². The summed E-state index contributed by atoms with van der Waals surface area (Å²) in [5.74, 6) is 0.197. The van der Waals surface area contributed by atoms with Gasteiger partial charge in [0.25, 0.3) is 5.91 Å². The number of piperazine rings is 1. The molecular weight excluding hydrogens is 312 g/mol. The van der Waals surface area contributed by atoms with E-state index in [0.717, 1.165) is 64.3 Å². The van der Waals surface area contributed by atoms with E-state index in [1.165, 1.54) is 24.9 Å². The largest absolute Gasteiger partial charge is 0.372 e. The van der Waals surface area contributed by atoms with Crippen molar-refractivity contribution in [3.8, 4) is 0 Å². The molecule has 0 radical (unpaired) electrons. The molecule has 136 valence electrons. The zero-order valence-electron chi connectivity index (χ0n) is 15.1. The second-order valence-electron chi connectivity index (χ2n) is 7.57. The van der Waals surface area contributed by atoms with Crippen molar-refractivity contribution in [1.82, 2.24) is 15.1 Å². The second-order valence-corrected chi connectivity index (χ2v) is 7.57. The molecule has 0 aromatic heterocycles. The quantitative estimate of drug-likeness (QED) is 0.909. The number of nitrogens with zero attached hydrogens (tertiary/aromatic N) is 3. The molecule has 25 heavy (non-hydrogen) atoms. The predicted octanol–water partition coefficient (Wildman–Crippen LogP) is 1.80. The van der Waals surface area contributed by atoms with Crippen LogP contribution in [-0.2, 0) is 0 Å². The van der Waals surface area contributed by atoms with Crippen molar-refractivity contribution >= 4 is 11.6 Å². The van der Waals surface area contributed by atoms with Crippen LogP contribution in [0.4, 0.5) is 5.69 Å². The molecule has 1 aromatic rings. The van der Waals surface area contributed by atoms with E-state index in [1.807, 2.05) is 17.0 Å². The van der Waals surface area contributed by atoms with Gasteiger partial charge in [-0.25, -0.2) is 0 Å². The Morgan fingerprint density at radius 3 is 2.36 bits per heavy atom. The number of carbonyl (C=O) groups excluding carboxylic acids is 1. The van der Waals surface area contributed by atoms with Crippen LogP contribution in [0.5, 0.6) is 0 Å². The van der Waals surface area contributed by atoms with Gasteiger partial charge in [-0.15, -0.1) is 0 Å². The van der Waals surface area contributed by atoms with Crippen LogP contribution in [0.3, 0.4) is 0 Å². The van der Waals surface area contributed by atoms with Crippen molar-refractivity contribution in [2.24, 2.45) is 0 Å². The summed E-state index contributed by atoms with van der Waals surface area (Å²) in [5, 5.41) is 3.40. The Morgan fingerprint density at radius 1 is 0.920 bits per heavy atom. The lowest BCUT2D eigenvalue weighted by atomic mass is 10.1. The van der Waals surface area contributed by atoms with E-state index in [1.54, 1.807) is 0 Å². The van der Waals surface area contributed by atoms with Crippen LogP contribution in [0.15, 0.2) is 24.3 Å². The number of carbonyl (C=O) groups is 1. The summed E-state index contributed by atoms with van der Waals surface area (Å²) in [4.78, 5) is 19.9. The highest BCUT2D eigenvalue weighted by Crippen LogP contribution is 2.22. The molecular formula is C20H30N4O. The normalized spacial score (nSPS) is 25.4. The van der Waals surface area contributed by atoms with E-state index < -0.39 is 0 Å². The molecule has 0 bridgehead atoms. The molecule has 1 amide bonds. The summed E-state index contributed by atoms with van der Waals surface area (Å²) in [6.45, 7) is 8.42. The van der Waals surface area contributed by atoms with Gasteiger partial charge in [-0.3, -0.25) is 9.69 Å². The minimum atomic E-state index is 0.197. The van der Waals surface area contributed by atoms with E-state index in [4.69, 9.17) is 0 Å². The fourth-order valence-electron chi connectivity index (χ4n) is 4.42. The number of benzene rings is 1. The molecule has 5 nitrogen and oxygen atoms in total. The van der Waals surface area contributed by atoms with Crippen molar-refractivity contribution in [1.29, 1.82) is 0 Å². The Labute approximate surface area is 151 Å². The SMILES string of the molecule is O=C(c1ccc(N2CCCCC2)cc1)N1CCC(N2CCNCC2)C1. The van der Waals surface area contributed by atoms with Crippen molar-refractivity contribution in [3.63, 3.8) is 0 Å². The molecule has 3 aliphatic rings. The highest BCUT2D eigenvalue weighted by Gasteiger charge is 2.31. The second kappa shape index (κ2) is 7.75. The topological polar surface area (TPSA) is 38.8 Å². The minimum absolute atomic E-state index is 0.197. The van der Waals surface area contributed by atoms with Crippen LogP contribution >= 0.6 is 0 Å². The smallest absolute Gasteiger partial charge is 0.253 e. The highest BCUT2D eigenvalue weighted by molar-refractivity contribution is 5.94. The summed E-state index contributed by atoms with van der Waals surface area (Å²) in [6.07, 6.45) is 5.01. The van der Waals surface area contributed by atoms with Gasteiger partial charge in [0, 0.05) is 69.7 Å². The number of piperidine rings is 1. The van der Waals surface area contributed by atoms with E-state index in [9.17, 15) is 4.79 Å². The van der Waals surface area contributed by atoms with Crippen LogP contribution in [0.25, 0.3) is 0 Å². The molecule has 3 saturated heterocycles. The molecule has 3 aliphatic heterocycles. The molecule has 0 spiro atoms. The molecule has 4 rings (SSSR count). The number of anilines is 1. The number of likely N-dealkylation sites (tertiary alicyclic amines) is 1. The van der Waals surface area contributed by atoms with Gasteiger partial charge in [0.15, 0.2) is 0 Å². The average Bonchev–Trinajstić information content (AvgIpc) is 3.19. The van der Waals surface area contributed by atoms with E-state index in [0.29, 0.717) is 6.04 Å². The fraction of sp³-hybridized carbons (Fsp3) is 0.650. The van der Waals surface area contributed by atoms with Gasteiger partial charge in [0.05, 0.1) is 0 Å². The lowest BCUT2D eigenvalue weighted by Crippen LogP contribution is -2.49. The predicted molar refractivity (Wildman–Crippen MR) is 101 cm³/mol. The maximum absolute atomic E-state index is 12.8. The Bertz CT molecular complexity index is 576. The van der Waals surface area contributed by atoms with Gasteiger partial charge in [-0.2, -0.15) is 0 Å². The summed E-state index contributed by atoms with van der Waals surface area (Å²) in [7, 11) is 0. The summed E-state index contributed by atoms with van der Waals surface area (Å²) >= 11 is 0. The molecule has 1 aromatic carbocycles. The van der Waals surface area contributed by atoms with Gasteiger partial charge in [-0.1, -0.05) is 0 Å².